The highest BCUT2D eigenvalue weighted by Gasteiger charge is 2.25. The number of hydrogen-bond donors (Lipinski definition) is 0. The highest BCUT2D eigenvalue weighted by molar-refractivity contribution is 5.79. The Kier molecular flexibility index (Phi) is 6.25. The minimum absolute atomic E-state index is 0.109. The van der Waals surface area contributed by atoms with Crippen molar-refractivity contribution in [3.8, 4) is 0 Å². The summed E-state index contributed by atoms with van der Waals surface area (Å²) >= 11 is 0. The molecule has 0 saturated carbocycles. The van der Waals surface area contributed by atoms with Gasteiger partial charge in [-0.15, -0.1) is 5.10 Å². The standard InChI is InChI=1S/C25H23N5O5/c31-25-29(17-18-4-2-1-3-5-18)27-24(35-25)19-12-14-28(15-13-19)21-8-6-20(7-9-21)26-16-22-10-11-23(34-22)30(32)33/h1-11,16,19H,12-15,17H2. The molecule has 1 fully saturated rings. The van der Waals surface area contributed by atoms with Crippen LogP contribution in [0.25, 0.3) is 0 Å². The molecule has 5 rings (SSSR count). The molecule has 1 aliphatic heterocycles. The zero-order valence-corrected chi connectivity index (χ0v) is 18.8. The van der Waals surface area contributed by atoms with Crippen LogP contribution in [-0.2, 0) is 6.54 Å². The summed E-state index contributed by atoms with van der Waals surface area (Å²) < 4.78 is 11.9. The molecule has 0 radical (unpaired) electrons. The molecule has 10 nitrogen and oxygen atoms in total. The molecular weight excluding hydrogens is 450 g/mol. The van der Waals surface area contributed by atoms with Crippen LogP contribution in [0.1, 0.15) is 36.0 Å². The fraction of sp³-hybridized carbons (Fsp3) is 0.240. The zero-order valence-electron chi connectivity index (χ0n) is 18.8. The minimum atomic E-state index is -0.584. The number of benzene rings is 2. The molecule has 3 heterocycles. The molecule has 0 bridgehead atoms. The Morgan fingerprint density at radius 1 is 1.03 bits per heavy atom. The van der Waals surface area contributed by atoms with E-state index in [0.717, 1.165) is 37.2 Å². The predicted octanol–water partition coefficient (Wildman–Crippen LogP) is 4.52. The second kappa shape index (κ2) is 9.80. The summed E-state index contributed by atoms with van der Waals surface area (Å²) in [6.07, 6.45) is 3.13. The molecule has 4 aromatic rings. The molecule has 2 aromatic heterocycles. The Hall–Kier alpha value is -4.47. The van der Waals surface area contributed by atoms with E-state index in [1.54, 1.807) is 0 Å². The maximum atomic E-state index is 12.3. The number of piperidine rings is 1. The fourth-order valence-corrected chi connectivity index (χ4v) is 4.13. The van der Waals surface area contributed by atoms with Crippen molar-refractivity contribution in [3.63, 3.8) is 0 Å². The molecule has 0 unspecified atom stereocenters. The second-order valence-corrected chi connectivity index (χ2v) is 8.32. The van der Waals surface area contributed by atoms with Crippen LogP contribution >= 0.6 is 0 Å². The van der Waals surface area contributed by atoms with Gasteiger partial charge in [-0.3, -0.25) is 15.1 Å². The van der Waals surface area contributed by atoms with E-state index in [-0.39, 0.29) is 11.8 Å². The van der Waals surface area contributed by atoms with Gasteiger partial charge in [0.25, 0.3) is 0 Å². The highest BCUT2D eigenvalue weighted by Crippen LogP contribution is 2.30. The average molecular weight is 473 g/mol. The van der Waals surface area contributed by atoms with Gasteiger partial charge in [-0.25, -0.2) is 4.79 Å². The maximum Gasteiger partial charge on any atom is 0.437 e. The van der Waals surface area contributed by atoms with Crippen molar-refractivity contribution in [3.05, 3.63) is 105 Å². The van der Waals surface area contributed by atoms with Crippen molar-refractivity contribution >= 4 is 23.5 Å². The number of furan rings is 1. The van der Waals surface area contributed by atoms with E-state index in [4.69, 9.17) is 8.83 Å². The first kappa shape index (κ1) is 22.3. The van der Waals surface area contributed by atoms with E-state index in [0.29, 0.717) is 23.9 Å². The minimum Gasteiger partial charge on any atom is -0.400 e. The Labute approximate surface area is 200 Å². The lowest BCUT2D eigenvalue weighted by molar-refractivity contribution is -0.402. The largest absolute Gasteiger partial charge is 0.437 e. The van der Waals surface area contributed by atoms with Gasteiger partial charge >= 0.3 is 11.6 Å². The molecule has 35 heavy (non-hydrogen) atoms. The van der Waals surface area contributed by atoms with Crippen LogP contribution in [0.15, 0.2) is 85.4 Å². The molecule has 2 aromatic carbocycles. The van der Waals surface area contributed by atoms with E-state index >= 15 is 0 Å². The third kappa shape index (κ3) is 5.21. The van der Waals surface area contributed by atoms with Crippen molar-refractivity contribution in [1.29, 1.82) is 0 Å². The first-order chi connectivity index (χ1) is 17.0. The molecule has 0 N–H and O–H groups in total. The van der Waals surface area contributed by atoms with Crippen LogP contribution in [0.5, 0.6) is 0 Å². The molecule has 0 atom stereocenters. The molecular formula is C25H23N5O5. The smallest absolute Gasteiger partial charge is 0.400 e. The number of nitro groups is 1. The summed E-state index contributed by atoms with van der Waals surface area (Å²) in [6, 6.07) is 20.3. The van der Waals surface area contributed by atoms with Crippen LogP contribution < -0.4 is 10.7 Å². The number of anilines is 1. The molecule has 178 valence electrons. The molecule has 0 spiro atoms. The Balaban J connectivity index is 1.17. The van der Waals surface area contributed by atoms with Gasteiger partial charge in [-0.05, 0) is 48.7 Å². The van der Waals surface area contributed by atoms with Crippen LogP contribution in [0.4, 0.5) is 17.3 Å². The van der Waals surface area contributed by atoms with Crippen LogP contribution in [0.2, 0.25) is 0 Å². The summed E-state index contributed by atoms with van der Waals surface area (Å²) in [6.45, 7) is 2.03. The van der Waals surface area contributed by atoms with Gasteiger partial charge in [0, 0.05) is 24.7 Å². The first-order valence-electron chi connectivity index (χ1n) is 11.3. The van der Waals surface area contributed by atoms with Gasteiger partial charge in [0.05, 0.1) is 24.5 Å². The van der Waals surface area contributed by atoms with E-state index in [1.165, 1.54) is 23.0 Å². The third-order valence-corrected chi connectivity index (χ3v) is 5.99. The maximum absolute atomic E-state index is 12.3. The van der Waals surface area contributed by atoms with Gasteiger partial charge in [-0.2, -0.15) is 4.68 Å². The average Bonchev–Trinajstić information content (AvgIpc) is 3.51. The third-order valence-electron chi connectivity index (χ3n) is 5.99. The van der Waals surface area contributed by atoms with Crippen molar-refractivity contribution < 1.29 is 13.8 Å². The number of aliphatic imine (C=N–C) groups is 1. The highest BCUT2D eigenvalue weighted by atomic mass is 16.6. The normalized spacial score (nSPS) is 14.6. The predicted molar refractivity (Wildman–Crippen MR) is 130 cm³/mol. The number of rotatable bonds is 7. The second-order valence-electron chi connectivity index (χ2n) is 8.32. The summed E-state index contributed by atoms with van der Waals surface area (Å²) in [5.41, 5.74) is 2.79. The van der Waals surface area contributed by atoms with Crippen LogP contribution in [-0.4, -0.2) is 34.0 Å². The Morgan fingerprint density at radius 2 is 1.77 bits per heavy atom. The Morgan fingerprint density at radius 3 is 2.46 bits per heavy atom. The quantitative estimate of drug-likeness (QED) is 0.220. The summed E-state index contributed by atoms with van der Waals surface area (Å²) in [5.74, 6) is 0.199. The number of hydrogen-bond acceptors (Lipinski definition) is 8. The number of nitrogens with zero attached hydrogens (tertiary/aromatic N) is 5. The van der Waals surface area contributed by atoms with Crippen molar-refractivity contribution in [2.75, 3.05) is 18.0 Å². The van der Waals surface area contributed by atoms with Crippen molar-refractivity contribution in [2.24, 2.45) is 4.99 Å². The molecule has 10 heteroatoms. The van der Waals surface area contributed by atoms with Gasteiger partial charge in [0.15, 0.2) is 5.76 Å². The summed E-state index contributed by atoms with van der Waals surface area (Å²) in [4.78, 5) is 29.0. The van der Waals surface area contributed by atoms with Crippen LogP contribution in [0.3, 0.4) is 0 Å². The first-order valence-corrected chi connectivity index (χ1v) is 11.3. The molecule has 1 saturated heterocycles. The monoisotopic (exact) mass is 473 g/mol. The van der Waals surface area contributed by atoms with Gasteiger partial charge in [0.1, 0.15) is 4.92 Å². The van der Waals surface area contributed by atoms with E-state index in [2.05, 4.69) is 15.0 Å². The zero-order chi connectivity index (χ0) is 24.2. The van der Waals surface area contributed by atoms with E-state index in [9.17, 15) is 14.9 Å². The van der Waals surface area contributed by atoms with Gasteiger partial charge in [0.2, 0.25) is 5.89 Å². The lowest BCUT2D eigenvalue weighted by atomic mass is 9.96. The fourth-order valence-electron chi connectivity index (χ4n) is 4.13. The SMILES string of the molecule is O=c1oc(C2CCN(c3ccc(N=Cc4ccc([N+](=O)[O-])o4)cc3)CC2)nn1Cc1ccccc1. The van der Waals surface area contributed by atoms with Crippen molar-refractivity contribution in [1.82, 2.24) is 9.78 Å². The lowest BCUT2D eigenvalue weighted by Gasteiger charge is -2.32. The Bertz CT molecular complexity index is 1380. The summed E-state index contributed by atoms with van der Waals surface area (Å²) in [5, 5.41) is 15.2. The van der Waals surface area contributed by atoms with E-state index in [1.807, 2.05) is 54.6 Å². The van der Waals surface area contributed by atoms with Gasteiger partial charge < -0.3 is 13.7 Å². The molecule has 0 amide bonds. The van der Waals surface area contributed by atoms with Crippen molar-refractivity contribution in [2.45, 2.75) is 25.3 Å². The molecule has 1 aliphatic rings. The topological polar surface area (TPSA) is 120 Å². The van der Waals surface area contributed by atoms with Crippen LogP contribution in [0, 0.1) is 10.1 Å². The summed E-state index contributed by atoms with van der Waals surface area (Å²) in [7, 11) is 0. The molecule has 0 aliphatic carbocycles. The van der Waals surface area contributed by atoms with Gasteiger partial charge in [-0.1, -0.05) is 30.3 Å². The number of aromatic nitrogens is 2. The lowest BCUT2D eigenvalue weighted by Crippen LogP contribution is -2.32. The van der Waals surface area contributed by atoms with E-state index < -0.39 is 10.7 Å².